The van der Waals surface area contributed by atoms with Gasteiger partial charge in [-0.05, 0) is 13.0 Å². The van der Waals surface area contributed by atoms with E-state index in [1.807, 2.05) is 36.4 Å². The predicted octanol–water partition coefficient (Wildman–Crippen LogP) is 4.25. The summed E-state index contributed by atoms with van der Waals surface area (Å²) in [6, 6.07) is 11.6. The van der Waals surface area contributed by atoms with Crippen molar-refractivity contribution in [1.29, 1.82) is 0 Å². The molecule has 1 aromatic carbocycles. The molecule has 1 atom stereocenters. The predicted molar refractivity (Wildman–Crippen MR) is 111 cm³/mol. The van der Waals surface area contributed by atoms with Crippen LogP contribution in [0, 0.1) is 0 Å². The molecule has 0 aliphatic carbocycles. The zero-order chi connectivity index (χ0) is 16.6. The molecule has 0 saturated heterocycles. The highest BCUT2D eigenvalue weighted by molar-refractivity contribution is 5.72. The van der Waals surface area contributed by atoms with Crippen LogP contribution in [0.3, 0.4) is 0 Å². The molecule has 0 amide bonds. The van der Waals surface area contributed by atoms with Crippen LogP contribution in [-0.4, -0.2) is 50.5 Å². The molecule has 0 saturated carbocycles. The fourth-order valence-electron chi connectivity index (χ4n) is 1.62. The topological polar surface area (TPSA) is 84.9 Å². The second-order valence-corrected chi connectivity index (χ2v) is 4.53. The summed E-state index contributed by atoms with van der Waals surface area (Å²) < 4.78 is 9.35. The molecule has 0 bridgehead atoms. The van der Waals surface area contributed by atoms with Gasteiger partial charge in [0.05, 0.1) is 20.0 Å². The van der Waals surface area contributed by atoms with Crippen LogP contribution in [0.4, 0.5) is 0 Å². The maximum atomic E-state index is 11.0. The van der Waals surface area contributed by atoms with Crippen LogP contribution in [0.2, 0.25) is 0 Å². The zero-order valence-corrected chi connectivity index (χ0v) is 13.2. The van der Waals surface area contributed by atoms with Gasteiger partial charge in [-0.25, -0.2) is 0 Å². The van der Waals surface area contributed by atoms with Gasteiger partial charge in [-0.15, -0.1) is 0 Å². The summed E-state index contributed by atoms with van der Waals surface area (Å²) >= 11 is 0. The summed E-state index contributed by atoms with van der Waals surface area (Å²) in [4.78, 5) is 21.6. The number of hydrogen-bond acceptors (Lipinski definition) is 5. The maximum Gasteiger partial charge on any atom is 0.307 e. The number of benzene rings is 1. The van der Waals surface area contributed by atoms with Crippen molar-refractivity contribution in [2.45, 2.75) is 55.0 Å². The number of rotatable bonds is 9. The molecule has 1 rings (SSSR count). The van der Waals surface area contributed by atoms with E-state index >= 15 is 0 Å². The van der Waals surface area contributed by atoms with Crippen LogP contribution in [0.5, 0.6) is 0 Å². The summed E-state index contributed by atoms with van der Waals surface area (Å²) in [5.74, 6) is -1.35. The van der Waals surface area contributed by atoms with Crippen molar-refractivity contribution >= 4 is 11.9 Å². The quantitative estimate of drug-likeness (QED) is 0.496. The number of ether oxygens (including phenoxy) is 2. The molecule has 156 valence electrons. The Hall–Kier alpha value is -1.92. The minimum absolute atomic E-state index is 0. The number of carbonyl (C=O) groups excluding carboxylic acids is 1. The number of carboxylic acids is 1. The molecule has 26 heavy (non-hydrogen) atoms. The van der Waals surface area contributed by atoms with E-state index in [1.165, 1.54) is 7.11 Å². The number of nitrogens with one attached hydrogen (secondary N) is 1. The molecule has 2 N–H and O–H groups in total. The Bertz CT molecular complexity index is 372. The maximum absolute atomic E-state index is 11.0. The van der Waals surface area contributed by atoms with Crippen molar-refractivity contribution in [2.24, 2.45) is 0 Å². The van der Waals surface area contributed by atoms with Crippen LogP contribution in [-0.2, 0) is 19.1 Å². The van der Waals surface area contributed by atoms with Crippen molar-refractivity contribution in [3.05, 3.63) is 36.4 Å². The average Bonchev–Trinajstić information content (AvgIpc) is 2.53. The van der Waals surface area contributed by atoms with Gasteiger partial charge >= 0.3 is 11.9 Å². The highest BCUT2D eigenvalue weighted by atomic mass is 16.5. The second kappa shape index (κ2) is 25.3. The fourth-order valence-corrected chi connectivity index (χ4v) is 1.62. The van der Waals surface area contributed by atoms with Crippen LogP contribution in [0.1, 0.15) is 49.0 Å². The van der Waals surface area contributed by atoms with Crippen molar-refractivity contribution in [3.63, 3.8) is 0 Å². The van der Waals surface area contributed by atoms with Gasteiger partial charge in [0.25, 0.3) is 0 Å². The molecule has 0 aliphatic rings. The Morgan fingerprint density at radius 1 is 0.923 bits per heavy atom. The van der Waals surface area contributed by atoms with E-state index in [2.05, 4.69) is 10.1 Å². The van der Waals surface area contributed by atoms with Gasteiger partial charge in [-0.2, -0.15) is 0 Å². The molecule has 0 radical (unpaired) electrons. The molecule has 0 aromatic heterocycles. The Balaban J connectivity index is -0.000000126. The molecule has 6 heteroatoms. The van der Waals surface area contributed by atoms with Gasteiger partial charge in [0.2, 0.25) is 0 Å². The van der Waals surface area contributed by atoms with E-state index < -0.39 is 11.9 Å². The summed E-state index contributed by atoms with van der Waals surface area (Å²) in [7, 11) is 2.88. The van der Waals surface area contributed by atoms with E-state index in [0.29, 0.717) is 13.2 Å². The second-order valence-electron chi connectivity index (χ2n) is 4.53. The molecule has 0 heterocycles. The van der Waals surface area contributed by atoms with E-state index in [-0.39, 0.29) is 48.6 Å². The Labute approximate surface area is 160 Å². The summed E-state index contributed by atoms with van der Waals surface area (Å²) in [6.07, 6.45) is 0.742. The monoisotopic (exact) mass is 375 g/mol. The molecule has 0 aliphatic heterocycles. The van der Waals surface area contributed by atoms with Crippen molar-refractivity contribution in [3.8, 4) is 0 Å². The van der Waals surface area contributed by atoms with Gasteiger partial charge in [0.15, 0.2) is 0 Å². The SMILES string of the molecule is C.C.C.C.COCCCNC(CC(=O)O)CC(=O)OC.c1ccccc1. The molecule has 6 nitrogen and oxygen atoms in total. The number of aliphatic carboxylic acids is 1. The number of methoxy groups -OCH3 is 2. The fraction of sp³-hybridized carbons (Fsp3) is 0.600. The highest BCUT2D eigenvalue weighted by Gasteiger charge is 2.16. The third-order valence-electron chi connectivity index (χ3n) is 2.69. The number of carboxylic acid groups (broad SMARTS) is 1. The molecule has 1 unspecified atom stereocenters. The van der Waals surface area contributed by atoms with Crippen LogP contribution >= 0.6 is 0 Å². The van der Waals surface area contributed by atoms with Crippen LogP contribution < -0.4 is 5.32 Å². The van der Waals surface area contributed by atoms with E-state index in [1.54, 1.807) is 7.11 Å². The minimum Gasteiger partial charge on any atom is -0.481 e. The van der Waals surface area contributed by atoms with Gasteiger partial charge < -0.3 is 19.9 Å². The Morgan fingerprint density at radius 3 is 1.73 bits per heavy atom. The van der Waals surface area contributed by atoms with Gasteiger partial charge in [-0.1, -0.05) is 66.1 Å². The lowest BCUT2D eigenvalue weighted by Gasteiger charge is -2.15. The highest BCUT2D eigenvalue weighted by Crippen LogP contribution is 2.00. The average molecular weight is 376 g/mol. The number of esters is 1. The smallest absolute Gasteiger partial charge is 0.307 e. The molecular weight excluding hydrogens is 334 g/mol. The molecule has 0 spiro atoms. The molecule has 1 aromatic rings. The summed E-state index contributed by atoms with van der Waals surface area (Å²) in [5.41, 5.74) is 0. The van der Waals surface area contributed by atoms with Crippen molar-refractivity contribution in [2.75, 3.05) is 27.4 Å². The largest absolute Gasteiger partial charge is 0.481 e. The zero-order valence-electron chi connectivity index (χ0n) is 13.2. The first-order valence-electron chi connectivity index (χ1n) is 7.11. The minimum atomic E-state index is -0.937. The third kappa shape index (κ3) is 24.3. The van der Waals surface area contributed by atoms with Gasteiger partial charge in [0.1, 0.15) is 0 Å². The van der Waals surface area contributed by atoms with Crippen LogP contribution in [0.15, 0.2) is 36.4 Å². The first-order valence-corrected chi connectivity index (χ1v) is 7.11. The van der Waals surface area contributed by atoms with Crippen molar-refractivity contribution < 1.29 is 24.2 Å². The van der Waals surface area contributed by atoms with Gasteiger partial charge in [0, 0.05) is 19.8 Å². The van der Waals surface area contributed by atoms with Crippen molar-refractivity contribution in [1.82, 2.24) is 5.32 Å². The first-order chi connectivity index (χ1) is 10.6. The first kappa shape index (κ1) is 35.2. The normalized spacial score (nSPS) is 9.31. The summed E-state index contributed by atoms with van der Waals surface area (Å²) in [6.45, 7) is 1.22. The van der Waals surface area contributed by atoms with E-state index in [0.717, 1.165) is 6.42 Å². The summed E-state index contributed by atoms with van der Waals surface area (Å²) in [5, 5.41) is 11.6. The Morgan fingerprint density at radius 2 is 1.38 bits per heavy atom. The van der Waals surface area contributed by atoms with Crippen LogP contribution in [0.25, 0.3) is 0 Å². The third-order valence-corrected chi connectivity index (χ3v) is 2.69. The lowest BCUT2D eigenvalue weighted by molar-refractivity contribution is -0.142. The number of carbonyl (C=O) groups is 2. The number of hydrogen-bond donors (Lipinski definition) is 2. The van der Waals surface area contributed by atoms with Gasteiger partial charge in [-0.3, -0.25) is 9.59 Å². The lowest BCUT2D eigenvalue weighted by Crippen LogP contribution is -2.34. The molecule has 0 fully saturated rings. The Kier molecular flexibility index (Phi) is 34.3. The molecular formula is C20H41NO5. The standard InChI is InChI=1S/C10H19NO5.C6H6.4CH4/c1-15-5-3-4-11-8(6-9(12)13)7-10(14)16-2;1-2-4-6-5-3-1;;;;/h8,11H,3-7H2,1-2H3,(H,12,13);1-6H;4*1H4. The van der Waals surface area contributed by atoms with E-state index in [4.69, 9.17) is 9.84 Å². The van der Waals surface area contributed by atoms with E-state index in [9.17, 15) is 9.59 Å². The lowest BCUT2D eigenvalue weighted by atomic mass is 10.1.